The van der Waals surface area contributed by atoms with Crippen LogP contribution in [0.25, 0.3) is 0 Å². The Kier molecular flexibility index (Phi) is 4.73. The first kappa shape index (κ1) is 14.5. The highest BCUT2D eigenvalue weighted by atomic mass is 16.5. The first-order chi connectivity index (χ1) is 8.35. The standard InChI is InChI=1S/C14H21NO3/c1-5-18-14(3,4)9-15-11-6-7-12(13(16)17)10(2)8-11/h6-8,15H,5,9H2,1-4H3,(H,16,17). The van der Waals surface area contributed by atoms with Gasteiger partial charge < -0.3 is 15.2 Å². The minimum absolute atomic E-state index is 0.242. The molecule has 0 unspecified atom stereocenters. The zero-order chi connectivity index (χ0) is 13.8. The van der Waals surface area contributed by atoms with E-state index in [1.807, 2.05) is 26.8 Å². The van der Waals surface area contributed by atoms with Crippen LogP contribution in [0, 0.1) is 6.92 Å². The van der Waals surface area contributed by atoms with Gasteiger partial charge in [0.25, 0.3) is 0 Å². The van der Waals surface area contributed by atoms with Crippen molar-refractivity contribution in [3.05, 3.63) is 29.3 Å². The van der Waals surface area contributed by atoms with Crippen molar-refractivity contribution in [3.63, 3.8) is 0 Å². The Bertz CT molecular complexity index is 427. The van der Waals surface area contributed by atoms with Crippen molar-refractivity contribution in [2.24, 2.45) is 0 Å². The largest absolute Gasteiger partial charge is 0.478 e. The van der Waals surface area contributed by atoms with E-state index in [1.165, 1.54) is 0 Å². The second-order valence-corrected chi connectivity index (χ2v) is 4.88. The molecule has 0 spiro atoms. The highest BCUT2D eigenvalue weighted by molar-refractivity contribution is 5.89. The lowest BCUT2D eigenvalue weighted by Crippen LogP contribution is -2.33. The second-order valence-electron chi connectivity index (χ2n) is 4.88. The number of hydrogen-bond donors (Lipinski definition) is 2. The Morgan fingerprint density at radius 1 is 1.44 bits per heavy atom. The molecule has 0 atom stereocenters. The van der Waals surface area contributed by atoms with Crippen LogP contribution in [-0.4, -0.2) is 29.8 Å². The number of hydrogen-bond acceptors (Lipinski definition) is 3. The summed E-state index contributed by atoms with van der Waals surface area (Å²) >= 11 is 0. The van der Waals surface area contributed by atoms with Gasteiger partial charge >= 0.3 is 5.97 Å². The summed E-state index contributed by atoms with van der Waals surface area (Å²) in [6.45, 7) is 9.14. The van der Waals surface area contributed by atoms with Gasteiger partial charge in [0, 0.05) is 18.8 Å². The summed E-state index contributed by atoms with van der Waals surface area (Å²) in [5.74, 6) is -0.895. The molecule has 0 saturated carbocycles. The maximum absolute atomic E-state index is 10.9. The lowest BCUT2D eigenvalue weighted by molar-refractivity contribution is 0.000689. The molecule has 0 aliphatic carbocycles. The molecule has 4 heteroatoms. The van der Waals surface area contributed by atoms with E-state index in [4.69, 9.17) is 9.84 Å². The summed E-state index contributed by atoms with van der Waals surface area (Å²) < 4.78 is 5.59. The molecule has 1 aromatic rings. The van der Waals surface area contributed by atoms with E-state index in [0.717, 1.165) is 11.3 Å². The lowest BCUT2D eigenvalue weighted by atomic mass is 10.1. The number of anilines is 1. The summed E-state index contributed by atoms with van der Waals surface area (Å²) in [5, 5.41) is 12.2. The number of benzene rings is 1. The number of carbonyl (C=O) groups is 1. The summed E-state index contributed by atoms with van der Waals surface area (Å²) in [6.07, 6.45) is 0. The summed E-state index contributed by atoms with van der Waals surface area (Å²) in [7, 11) is 0. The van der Waals surface area contributed by atoms with Crippen LogP contribution in [0.5, 0.6) is 0 Å². The van der Waals surface area contributed by atoms with Gasteiger partial charge in [0.15, 0.2) is 0 Å². The Labute approximate surface area is 108 Å². The van der Waals surface area contributed by atoms with Crippen LogP contribution in [-0.2, 0) is 4.74 Å². The topological polar surface area (TPSA) is 58.6 Å². The number of aryl methyl sites for hydroxylation is 1. The van der Waals surface area contributed by atoms with Crippen LogP contribution >= 0.6 is 0 Å². The third-order valence-electron chi connectivity index (χ3n) is 2.71. The van der Waals surface area contributed by atoms with Gasteiger partial charge in [-0.1, -0.05) is 0 Å². The Morgan fingerprint density at radius 3 is 2.61 bits per heavy atom. The Morgan fingerprint density at radius 2 is 2.11 bits per heavy atom. The highest BCUT2D eigenvalue weighted by Crippen LogP contribution is 2.17. The van der Waals surface area contributed by atoms with Crippen molar-refractivity contribution >= 4 is 11.7 Å². The van der Waals surface area contributed by atoms with Crippen LogP contribution in [0.2, 0.25) is 0 Å². The van der Waals surface area contributed by atoms with Gasteiger partial charge in [-0.2, -0.15) is 0 Å². The van der Waals surface area contributed by atoms with Crippen LogP contribution < -0.4 is 5.32 Å². The molecule has 1 aromatic carbocycles. The Balaban J connectivity index is 2.70. The minimum Gasteiger partial charge on any atom is -0.478 e. The number of carboxylic acid groups (broad SMARTS) is 1. The molecule has 0 amide bonds. The summed E-state index contributed by atoms with van der Waals surface area (Å²) in [5.41, 5.74) is 1.75. The maximum atomic E-state index is 10.9. The third kappa shape index (κ3) is 4.04. The first-order valence-corrected chi connectivity index (χ1v) is 6.07. The van der Waals surface area contributed by atoms with Crippen molar-refractivity contribution in [3.8, 4) is 0 Å². The lowest BCUT2D eigenvalue weighted by Gasteiger charge is -2.25. The predicted molar refractivity (Wildman–Crippen MR) is 72.3 cm³/mol. The van der Waals surface area contributed by atoms with Gasteiger partial charge in [0.05, 0.1) is 11.2 Å². The molecule has 4 nitrogen and oxygen atoms in total. The van der Waals surface area contributed by atoms with E-state index in [0.29, 0.717) is 18.7 Å². The van der Waals surface area contributed by atoms with Gasteiger partial charge in [0.1, 0.15) is 0 Å². The monoisotopic (exact) mass is 251 g/mol. The molecule has 1 rings (SSSR count). The van der Waals surface area contributed by atoms with E-state index in [9.17, 15) is 4.79 Å². The van der Waals surface area contributed by atoms with Crippen molar-refractivity contribution in [1.82, 2.24) is 0 Å². The van der Waals surface area contributed by atoms with Gasteiger partial charge in [-0.25, -0.2) is 4.79 Å². The number of aromatic carboxylic acids is 1. The molecule has 0 aliphatic rings. The van der Waals surface area contributed by atoms with Crippen LogP contribution in [0.3, 0.4) is 0 Å². The average molecular weight is 251 g/mol. The number of rotatable bonds is 6. The first-order valence-electron chi connectivity index (χ1n) is 6.07. The number of carboxylic acids is 1. The van der Waals surface area contributed by atoms with Gasteiger partial charge in [0.2, 0.25) is 0 Å². The van der Waals surface area contributed by atoms with Crippen LogP contribution in [0.1, 0.15) is 36.7 Å². The fourth-order valence-electron chi connectivity index (χ4n) is 1.77. The quantitative estimate of drug-likeness (QED) is 0.816. The van der Waals surface area contributed by atoms with Crippen LogP contribution in [0.4, 0.5) is 5.69 Å². The van der Waals surface area contributed by atoms with Gasteiger partial charge in [-0.05, 0) is 51.5 Å². The van der Waals surface area contributed by atoms with Crippen molar-refractivity contribution in [1.29, 1.82) is 0 Å². The molecular weight excluding hydrogens is 230 g/mol. The molecule has 2 N–H and O–H groups in total. The minimum atomic E-state index is -0.895. The van der Waals surface area contributed by atoms with Crippen LogP contribution in [0.15, 0.2) is 18.2 Å². The predicted octanol–water partition coefficient (Wildman–Crippen LogP) is 2.92. The van der Waals surface area contributed by atoms with Gasteiger partial charge in [-0.3, -0.25) is 0 Å². The molecule has 0 bridgehead atoms. The van der Waals surface area contributed by atoms with E-state index < -0.39 is 5.97 Å². The molecule has 18 heavy (non-hydrogen) atoms. The second kappa shape index (κ2) is 5.87. The van der Waals surface area contributed by atoms with E-state index >= 15 is 0 Å². The molecular formula is C14H21NO3. The zero-order valence-corrected chi connectivity index (χ0v) is 11.4. The molecule has 100 valence electrons. The fraction of sp³-hybridized carbons (Fsp3) is 0.500. The SMILES string of the molecule is CCOC(C)(C)CNc1ccc(C(=O)O)c(C)c1. The summed E-state index contributed by atoms with van der Waals surface area (Å²) in [4.78, 5) is 10.9. The maximum Gasteiger partial charge on any atom is 0.335 e. The molecule has 0 aromatic heterocycles. The average Bonchev–Trinajstić information content (AvgIpc) is 2.26. The number of ether oxygens (including phenoxy) is 1. The molecule has 0 radical (unpaired) electrons. The third-order valence-corrected chi connectivity index (χ3v) is 2.71. The zero-order valence-electron chi connectivity index (χ0n) is 11.4. The normalized spacial score (nSPS) is 11.3. The molecule has 0 fully saturated rings. The fourth-order valence-corrected chi connectivity index (χ4v) is 1.77. The molecule has 0 saturated heterocycles. The summed E-state index contributed by atoms with van der Waals surface area (Å²) in [6, 6.07) is 5.23. The highest BCUT2D eigenvalue weighted by Gasteiger charge is 2.17. The smallest absolute Gasteiger partial charge is 0.335 e. The molecule has 0 aliphatic heterocycles. The van der Waals surface area contributed by atoms with Crippen molar-refractivity contribution in [2.45, 2.75) is 33.3 Å². The van der Waals surface area contributed by atoms with E-state index in [2.05, 4.69) is 5.32 Å². The van der Waals surface area contributed by atoms with E-state index in [-0.39, 0.29) is 5.60 Å². The van der Waals surface area contributed by atoms with E-state index in [1.54, 1.807) is 19.1 Å². The van der Waals surface area contributed by atoms with Crippen molar-refractivity contribution < 1.29 is 14.6 Å². The van der Waals surface area contributed by atoms with Gasteiger partial charge in [-0.15, -0.1) is 0 Å². The van der Waals surface area contributed by atoms with Crippen molar-refractivity contribution in [2.75, 3.05) is 18.5 Å². The molecule has 0 heterocycles. The Hall–Kier alpha value is -1.55. The number of nitrogens with one attached hydrogen (secondary N) is 1.